The highest BCUT2D eigenvalue weighted by Crippen LogP contribution is 2.34. The van der Waals surface area contributed by atoms with Gasteiger partial charge in [0.25, 0.3) is 0 Å². The maximum atomic E-state index is 11.3. The first kappa shape index (κ1) is 12.5. The largest absolute Gasteiger partial charge is 0.465 e. The van der Waals surface area contributed by atoms with Crippen molar-refractivity contribution in [3.05, 3.63) is 0 Å². The second kappa shape index (κ2) is 5.47. The number of hydrogen-bond acceptors (Lipinski definition) is 4. The minimum atomic E-state index is -0.252. The summed E-state index contributed by atoms with van der Waals surface area (Å²) in [5.41, 5.74) is -0.0409. The van der Waals surface area contributed by atoms with Gasteiger partial charge in [0.05, 0.1) is 12.2 Å². The molecule has 15 heavy (non-hydrogen) atoms. The molecule has 1 unspecified atom stereocenters. The monoisotopic (exact) mass is 215 g/mol. The Labute approximate surface area is 91.3 Å². The lowest BCUT2D eigenvalue weighted by atomic mass is 9.80. The molecule has 0 aromatic heterocycles. The number of rotatable bonds is 6. The highest BCUT2D eigenvalue weighted by Gasteiger charge is 2.37. The minimum absolute atomic E-state index is 0.0409. The van der Waals surface area contributed by atoms with E-state index in [1.54, 1.807) is 7.11 Å². The molecule has 1 atom stereocenters. The van der Waals surface area contributed by atoms with Gasteiger partial charge in [0.15, 0.2) is 0 Å². The van der Waals surface area contributed by atoms with E-state index in [4.69, 9.17) is 9.47 Å². The van der Waals surface area contributed by atoms with Crippen molar-refractivity contribution in [2.75, 3.05) is 20.3 Å². The number of carbonyl (C=O) groups is 1. The summed E-state index contributed by atoms with van der Waals surface area (Å²) < 4.78 is 10.4. The summed E-state index contributed by atoms with van der Waals surface area (Å²) in [4.78, 5) is 11.3. The van der Waals surface area contributed by atoms with E-state index in [1.807, 2.05) is 13.8 Å². The van der Waals surface area contributed by atoms with Gasteiger partial charge < -0.3 is 14.8 Å². The van der Waals surface area contributed by atoms with Crippen molar-refractivity contribution in [2.45, 2.75) is 44.8 Å². The van der Waals surface area contributed by atoms with E-state index in [9.17, 15) is 4.79 Å². The first-order valence-electron chi connectivity index (χ1n) is 5.59. The van der Waals surface area contributed by atoms with Crippen LogP contribution in [-0.2, 0) is 14.3 Å². The van der Waals surface area contributed by atoms with Gasteiger partial charge in [0.1, 0.15) is 6.04 Å². The predicted molar refractivity (Wildman–Crippen MR) is 57.7 cm³/mol. The van der Waals surface area contributed by atoms with Crippen molar-refractivity contribution < 1.29 is 14.3 Å². The second-order valence-corrected chi connectivity index (χ2v) is 4.10. The molecule has 0 spiro atoms. The molecule has 4 nitrogen and oxygen atoms in total. The molecule has 1 rings (SSSR count). The zero-order valence-corrected chi connectivity index (χ0v) is 9.84. The van der Waals surface area contributed by atoms with Crippen molar-refractivity contribution in [3.8, 4) is 0 Å². The number of esters is 1. The van der Waals surface area contributed by atoms with Crippen LogP contribution in [0.5, 0.6) is 0 Å². The molecule has 0 radical (unpaired) electrons. The average molecular weight is 215 g/mol. The van der Waals surface area contributed by atoms with Crippen LogP contribution in [0.25, 0.3) is 0 Å². The summed E-state index contributed by atoms with van der Waals surface area (Å²) in [6.07, 6.45) is 3.36. The van der Waals surface area contributed by atoms with Gasteiger partial charge in [-0.1, -0.05) is 0 Å². The van der Waals surface area contributed by atoms with Gasteiger partial charge in [0.2, 0.25) is 0 Å². The molecule has 0 saturated heterocycles. The van der Waals surface area contributed by atoms with E-state index in [2.05, 4.69) is 5.32 Å². The molecular weight excluding hydrogens is 194 g/mol. The van der Waals surface area contributed by atoms with Crippen LogP contribution in [0.2, 0.25) is 0 Å². The van der Waals surface area contributed by atoms with Gasteiger partial charge in [-0.25, -0.2) is 0 Å². The van der Waals surface area contributed by atoms with Gasteiger partial charge in [-0.2, -0.15) is 0 Å². The smallest absolute Gasteiger partial charge is 0.322 e. The molecule has 0 amide bonds. The number of nitrogens with one attached hydrogen (secondary N) is 1. The molecule has 88 valence electrons. The van der Waals surface area contributed by atoms with Crippen molar-refractivity contribution in [1.29, 1.82) is 0 Å². The molecule has 1 aliphatic rings. The first-order chi connectivity index (χ1) is 7.13. The highest BCUT2D eigenvalue weighted by atomic mass is 16.5. The Bertz CT molecular complexity index is 208. The zero-order chi connectivity index (χ0) is 11.3. The number of methoxy groups -OCH3 is 1. The Kier molecular flexibility index (Phi) is 4.54. The molecule has 4 heteroatoms. The number of hydrogen-bond donors (Lipinski definition) is 1. The van der Waals surface area contributed by atoms with Gasteiger partial charge in [-0.3, -0.25) is 4.79 Å². The Morgan fingerprint density at radius 3 is 2.60 bits per heavy atom. The SMILES string of the molecule is CCOC(=O)C(C)NCC1(OC)CCC1. The molecule has 0 bridgehead atoms. The quantitative estimate of drug-likeness (QED) is 0.674. The number of ether oxygens (including phenoxy) is 2. The van der Waals surface area contributed by atoms with E-state index < -0.39 is 0 Å². The maximum Gasteiger partial charge on any atom is 0.322 e. The third kappa shape index (κ3) is 3.18. The third-order valence-electron chi connectivity index (χ3n) is 3.07. The van der Waals surface area contributed by atoms with Crippen LogP contribution in [0.3, 0.4) is 0 Å². The lowest BCUT2D eigenvalue weighted by molar-refractivity contribution is -0.145. The summed E-state index contributed by atoms with van der Waals surface area (Å²) in [6.45, 7) is 4.79. The summed E-state index contributed by atoms with van der Waals surface area (Å²) >= 11 is 0. The molecular formula is C11H21NO3. The van der Waals surface area contributed by atoms with E-state index in [0.717, 1.165) is 19.4 Å². The second-order valence-electron chi connectivity index (χ2n) is 4.10. The van der Waals surface area contributed by atoms with Crippen molar-refractivity contribution in [1.82, 2.24) is 5.32 Å². The summed E-state index contributed by atoms with van der Waals surface area (Å²) in [6, 6.07) is -0.252. The topological polar surface area (TPSA) is 47.6 Å². The molecule has 1 fully saturated rings. The predicted octanol–water partition coefficient (Wildman–Crippen LogP) is 1.10. The van der Waals surface area contributed by atoms with E-state index in [0.29, 0.717) is 6.61 Å². The minimum Gasteiger partial charge on any atom is -0.465 e. The lowest BCUT2D eigenvalue weighted by Crippen LogP contribution is -2.51. The molecule has 0 aliphatic heterocycles. The van der Waals surface area contributed by atoms with Crippen LogP contribution in [0, 0.1) is 0 Å². The van der Waals surface area contributed by atoms with Crippen LogP contribution >= 0.6 is 0 Å². The number of carbonyl (C=O) groups excluding carboxylic acids is 1. The first-order valence-corrected chi connectivity index (χ1v) is 5.59. The summed E-state index contributed by atoms with van der Waals surface area (Å²) in [7, 11) is 1.73. The zero-order valence-electron chi connectivity index (χ0n) is 9.84. The lowest BCUT2D eigenvalue weighted by Gasteiger charge is -2.41. The van der Waals surface area contributed by atoms with Crippen LogP contribution in [0.1, 0.15) is 33.1 Å². The van der Waals surface area contributed by atoms with Crippen molar-refractivity contribution >= 4 is 5.97 Å². The molecule has 1 aliphatic carbocycles. The molecule has 1 N–H and O–H groups in total. The molecule has 0 aromatic rings. The molecule has 0 heterocycles. The summed E-state index contributed by atoms with van der Waals surface area (Å²) in [5.74, 6) is -0.192. The van der Waals surface area contributed by atoms with Gasteiger partial charge in [0, 0.05) is 13.7 Å². The Balaban J connectivity index is 2.26. The van der Waals surface area contributed by atoms with Gasteiger partial charge in [-0.05, 0) is 33.1 Å². The Morgan fingerprint density at radius 2 is 2.20 bits per heavy atom. The van der Waals surface area contributed by atoms with Crippen LogP contribution < -0.4 is 5.32 Å². The fraction of sp³-hybridized carbons (Fsp3) is 0.909. The van der Waals surface area contributed by atoms with E-state index in [1.165, 1.54) is 6.42 Å². The average Bonchev–Trinajstić information content (AvgIpc) is 2.17. The Hall–Kier alpha value is -0.610. The summed E-state index contributed by atoms with van der Waals surface area (Å²) in [5, 5.41) is 3.16. The maximum absolute atomic E-state index is 11.3. The van der Waals surface area contributed by atoms with Crippen molar-refractivity contribution in [2.24, 2.45) is 0 Å². The third-order valence-corrected chi connectivity index (χ3v) is 3.07. The van der Waals surface area contributed by atoms with Gasteiger partial charge >= 0.3 is 5.97 Å². The normalized spacial score (nSPS) is 20.5. The van der Waals surface area contributed by atoms with Crippen LogP contribution in [0.15, 0.2) is 0 Å². The van der Waals surface area contributed by atoms with E-state index >= 15 is 0 Å². The fourth-order valence-electron chi connectivity index (χ4n) is 1.71. The van der Waals surface area contributed by atoms with Crippen LogP contribution in [-0.4, -0.2) is 37.9 Å². The Morgan fingerprint density at radius 1 is 1.53 bits per heavy atom. The van der Waals surface area contributed by atoms with Gasteiger partial charge in [-0.15, -0.1) is 0 Å². The highest BCUT2D eigenvalue weighted by molar-refractivity contribution is 5.75. The molecule has 0 aromatic carbocycles. The van der Waals surface area contributed by atoms with Crippen molar-refractivity contribution in [3.63, 3.8) is 0 Å². The van der Waals surface area contributed by atoms with Crippen LogP contribution in [0.4, 0.5) is 0 Å². The standard InChI is InChI=1S/C11H21NO3/c1-4-15-10(13)9(2)12-8-11(14-3)6-5-7-11/h9,12H,4-8H2,1-3H3. The fourth-order valence-corrected chi connectivity index (χ4v) is 1.71. The molecule has 1 saturated carbocycles. The van der Waals surface area contributed by atoms with E-state index in [-0.39, 0.29) is 17.6 Å².